The van der Waals surface area contributed by atoms with E-state index in [1.54, 1.807) is 23.1 Å². The largest absolute Gasteiger partial charge is 0.508 e. The lowest BCUT2D eigenvalue weighted by atomic mass is 10.0. The van der Waals surface area contributed by atoms with Crippen LogP contribution in [0.2, 0.25) is 0 Å². The predicted molar refractivity (Wildman–Crippen MR) is 93.2 cm³/mol. The van der Waals surface area contributed by atoms with Gasteiger partial charge in [-0.3, -0.25) is 4.79 Å². The van der Waals surface area contributed by atoms with Crippen LogP contribution in [-0.2, 0) is 27.2 Å². The Kier molecular flexibility index (Phi) is 5.93. The Morgan fingerprint density at radius 1 is 1.24 bits per heavy atom. The summed E-state index contributed by atoms with van der Waals surface area (Å²) >= 11 is 0. The highest BCUT2D eigenvalue weighted by molar-refractivity contribution is 5.70. The summed E-state index contributed by atoms with van der Waals surface area (Å²) < 4.78 is 10.2. The quantitative estimate of drug-likeness (QED) is 0.797. The first kappa shape index (κ1) is 19.1. The Morgan fingerprint density at radius 2 is 1.92 bits per heavy atom. The van der Waals surface area contributed by atoms with Gasteiger partial charge < -0.3 is 19.5 Å². The zero-order valence-corrected chi connectivity index (χ0v) is 15.4. The van der Waals surface area contributed by atoms with E-state index in [0.717, 1.165) is 24.0 Å². The lowest BCUT2D eigenvalue weighted by Gasteiger charge is -2.23. The normalized spacial score (nSPS) is 14.1. The highest BCUT2D eigenvalue weighted by Crippen LogP contribution is 2.30. The number of benzene rings is 1. The van der Waals surface area contributed by atoms with Gasteiger partial charge in [0.25, 0.3) is 0 Å². The number of phenolic OH excluding ortho intramolecular Hbond substituents is 1. The number of hydrogen-bond acceptors (Lipinski definition) is 5. The lowest BCUT2D eigenvalue weighted by molar-refractivity contribution is -0.154. The van der Waals surface area contributed by atoms with Crippen molar-refractivity contribution in [2.75, 3.05) is 7.11 Å². The number of aromatic hydroxyl groups is 1. The van der Waals surface area contributed by atoms with Crippen molar-refractivity contribution in [2.45, 2.75) is 64.6 Å². The maximum Gasteiger partial charge on any atom is 0.410 e. The minimum Gasteiger partial charge on any atom is -0.508 e. The molecule has 1 N–H and O–H groups in total. The van der Waals surface area contributed by atoms with E-state index in [1.807, 2.05) is 20.8 Å². The van der Waals surface area contributed by atoms with Crippen LogP contribution in [0.25, 0.3) is 0 Å². The average molecular weight is 349 g/mol. The van der Waals surface area contributed by atoms with Crippen LogP contribution in [0.5, 0.6) is 5.75 Å². The Morgan fingerprint density at radius 3 is 2.48 bits per heavy atom. The van der Waals surface area contributed by atoms with E-state index in [-0.39, 0.29) is 30.3 Å². The molecule has 138 valence electrons. The number of methoxy groups -OCH3 is 1. The van der Waals surface area contributed by atoms with Crippen molar-refractivity contribution in [1.82, 2.24) is 4.90 Å². The molecule has 0 aromatic heterocycles. The standard InChI is InChI=1S/C19H27NO5/c1-19(2,3)25-17(22)10-6-13-5-9-16(21)11-14(13)12-20(15-7-8-15)18(23)24-4/h5,9,11,15,21H,6-8,10,12H2,1-4H3. The van der Waals surface area contributed by atoms with Gasteiger partial charge in [-0.05, 0) is 63.3 Å². The van der Waals surface area contributed by atoms with E-state index < -0.39 is 5.60 Å². The molecule has 1 aromatic rings. The van der Waals surface area contributed by atoms with Crippen molar-refractivity contribution in [3.05, 3.63) is 29.3 Å². The number of esters is 1. The summed E-state index contributed by atoms with van der Waals surface area (Å²) in [4.78, 5) is 25.6. The Hall–Kier alpha value is -2.24. The van der Waals surface area contributed by atoms with Crippen molar-refractivity contribution in [1.29, 1.82) is 0 Å². The topological polar surface area (TPSA) is 76.1 Å². The van der Waals surface area contributed by atoms with Crippen LogP contribution >= 0.6 is 0 Å². The number of aryl methyl sites for hydroxylation is 1. The summed E-state index contributed by atoms with van der Waals surface area (Å²) in [5.74, 6) is -0.129. The maximum absolute atomic E-state index is 12.0. The van der Waals surface area contributed by atoms with E-state index >= 15 is 0 Å². The molecule has 1 aromatic carbocycles. The van der Waals surface area contributed by atoms with Gasteiger partial charge in [-0.1, -0.05) is 6.07 Å². The van der Waals surface area contributed by atoms with Gasteiger partial charge in [0.05, 0.1) is 7.11 Å². The third-order valence-electron chi connectivity index (χ3n) is 3.95. The van der Waals surface area contributed by atoms with Crippen molar-refractivity contribution in [3.8, 4) is 5.75 Å². The van der Waals surface area contributed by atoms with Crippen LogP contribution in [0, 0.1) is 0 Å². The molecule has 0 spiro atoms. The second kappa shape index (κ2) is 7.76. The summed E-state index contributed by atoms with van der Waals surface area (Å²) in [5.41, 5.74) is 1.22. The Labute approximate surface area is 148 Å². The summed E-state index contributed by atoms with van der Waals surface area (Å²) in [5, 5.41) is 9.80. The van der Waals surface area contributed by atoms with E-state index in [4.69, 9.17) is 9.47 Å². The number of phenols is 1. The second-order valence-corrected chi connectivity index (χ2v) is 7.37. The number of amides is 1. The van der Waals surface area contributed by atoms with Crippen LogP contribution in [0.1, 0.15) is 51.2 Å². The molecule has 0 atom stereocenters. The van der Waals surface area contributed by atoms with Crippen LogP contribution in [0.3, 0.4) is 0 Å². The third-order valence-corrected chi connectivity index (χ3v) is 3.95. The van der Waals surface area contributed by atoms with E-state index in [2.05, 4.69) is 0 Å². The van der Waals surface area contributed by atoms with Crippen molar-refractivity contribution in [3.63, 3.8) is 0 Å². The van der Waals surface area contributed by atoms with Gasteiger partial charge in [-0.25, -0.2) is 4.79 Å². The van der Waals surface area contributed by atoms with E-state index in [0.29, 0.717) is 13.0 Å². The molecule has 25 heavy (non-hydrogen) atoms. The van der Waals surface area contributed by atoms with E-state index in [1.165, 1.54) is 7.11 Å². The number of nitrogens with zero attached hydrogens (tertiary/aromatic N) is 1. The Balaban J connectivity index is 2.08. The van der Waals surface area contributed by atoms with Crippen molar-refractivity contribution < 1.29 is 24.2 Å². The molecule has 2 rings (SSSR count). The molecule has 6 heteroatoms. The number of carbonyl (C=O) groups is 2. The van der Waals surface area contributed by atoms with Crippen molar-refractivity contribution >= 4 is 12.1 Å². The number of ether oxygens (including phenoxy) is 2. The first-order chi connectivity index (χ1) is 11.7. The number of carbonyl (C=O) groups excluding carboxylic acids is 2. The monoisotopic (exact) mass is 349 g/mol. The molecule has 1 aliphatic rings. The molecular formula is C19H27NO5. The molecule has 0 aliphatic heterocycles. The molecule has 1 aliphatic carbocycles. The smallest absolute Gasteiger partial charge is 0.410 e. The molecule has 6 nitrogen and oxygen atoms in total. The zero-order chi connectivity index (χ0) is 18.6. The predicted octanol–water partition coefficient (Wildman–Crippen LogP) is 3.40. The van der Waals surface area contributed by atoms with Gasteiger partial charge in [0.15, 0.2) is 0 Å². The fourth-order valence-electron chi connectivity index (χ4n) is 2.66. The third kappa shape index (κ3) is 5.96. The molecule has 0 saturated heterocycles. The van der Waals surface area contributed by atoms with E-state index in [9.17, 15) is 14.7 Å². The van der Waals surface area contributed by atoms with Gasteiger partial charge in [0, 0.05) is 19.0 Å². The lowest BCUT2D eigenvalue weighted by Crippen LogP contribution is -2.32. The van der Waals surface area contributed by atoms with Gasteiger partial charge in [-0.15, -0.1) is 0 Å². The minimum absolute atomic E-state index is 0.136. The zero-order valence-electron chi connectivity index (χ0n) is 15.4. The Bertz CT molecular complexity index is 631. The van der Waals surface area contributed by atoms with Gasteiger partial charge >= 0.3 is 12.1 Å². The number of rotatable bonds is 6. The molecular weight excluding hydrogens is 322 g/mol. The first-order valence-electron chi connectivity index (χ1n) is 8.57. The van der Waals surface area contributed by atoms with Crippen LogP contribution in [0.4, 0.5) is 4.79 Å². The summed E-state index contributed by atoms with van der Waals surface area (Å²) in [7, 11) is 1.36. The SMILES string of the molecule is COC(=O)N(Cc1cc(O)ccc1CCC(=O)OC(C)(C)C)C1CC1. The van der Waals surface area contributed by atoms with Crippen LogP contribution in [-0.4, -0.2) is 40.8 Å². The molecule has 1 fully saturated rings. The molecule has 0 unspecified atom stereocenters. The van der Waals surface area contributed by atoms with Gasteiger partial charge in [-0.2, -0.15) is 0 Å². The summed E-state index contributed by atoms with van der Waals surface area (Å²) in [6.45, 7) is 5.86. The maximum atomic E-state index is 12.0. The average Bonchev–Trinajstić information content (AvgIpc) is 3.34. The minimum atomic E-state index is -0.511. The fourth-order valence-corrected chi connectivity index (χ4v) is 2.66. The summed E-state index contributed by atoms with van der Waals surface area (Å²) in [6, 6.07) is 5.21. The second-order valence-electron chi connectivity index (χ2n) is 7.37. The van der Waals surface area contributed by atoms with Gasteiger partial charge in [0.1, 0.15) is 11.4 Å². The molecule has 0 heterocycles. The van der Waals surface area contributed by atoms with Crippen LogP contribution < -0.4 is 0 Å². The van der Waals surface area contributed by atoms with Gasteiger partial charge in [0.2, 0.25) is 0 Å². The molecule has 0 bridgehead atoms. The molecule has 0 radical (unpaired) electrons. The first-order valence-corrected chi connectivity index (χ1v) is 8.57. The van der Waals surface area contributed by atoms with Crippen LogP contribution in [0.15, 0.2) is 18.2 Å². The fraction of sp³-hybridized carbons (Fsp3) is 0.579. The highest BCUT2D eigenvalue weighted by atomic mass is 16.6. The summed E-state index contributed by atoms with van der Waals surface area (Å²) in [6.07, 6.45) is 2.28. The van der Waals surface area contributed by atoms with Crippen molar-refractivity contribution in [2.24, 2.45) is 0 Å². The highest BCUT2D eigenvalue weighted by Gasteiger charge is 2.33. The molecule has 1 amide bonds. The molecule has 1 saturated carbocycles. The number of hydrogen-bond donors (Lipinski definition) is 1.